The molecule has 0 radical (unpaired) electrons. The van der Waals surface area contributed by atoms with Crippen LogP contribution in [0.4, 0.5) is 0 Å². The molecule has 1 N–H and O–H groups in total. The minimum absolute atomic E-state index is 0.0801. The fourth-order valence-electron chi connectivity index (χ4n) is 1.66. The van der Waals surface area contributed by atoms with Gasteiger partial charge in [-0.15, -0.1) is 0 Å². The van der Waals surface area contributed by atoms with E-state index in [0.29, 0.717) is 19.4 Å². The number of rotatable bonds is 3. The number of nitrogens with zero attached hydrogens (tertiary/aromatic N) is 1. The Bertz CT molecular complexity index is 311. The van der Waals surface area contributed by atoms with Crippen molar-refractivity contribution in [3.8, 4) is 0 Å². The monoisotopic (exact) mass is 221 g/mol. The Hall–Kier alpha value is -0.620. The van der Waals surface area contributed by atoms with Crippen LogP contribution < -0.4 is 0 Å². The van der Waals surface area contributed by atoms with E-state index in [9.17, 15) is 13.2 Å². The molecule has 0 aromatic heterocycles. The number of hydrogen-bond donors (Lipinski definition) is 1. The van der Waals surface area contributed by atoms with Crippen LogP contribution in [0, 0.1) is 0 Å². The molecule has 1 aliphatic heterocycles. The Kier molecular flexibility index (Phi) is 3.49. The highest BCUT2D eigenvalue weighted by Gasteiger charge is 2.35. The van der Waals surface area contributed by atoms with E-state index < -0.39 is 22.0 Å². The van der Waals surface area contributed by atoms with Gasteiger partial charge in [0.1, 0.15) is 6.04 Å². The van der Waals surface area contributed by atoms with Crippen molar-refractivity contribution in [1.82, 2.24) is 4.31 Å². The van der Waals surface area contributed by atoms with Crippen LogP contribution in [-0.2, 0) is 14.8 Å². The molecule has 1 aliphatic rings. The van der Waals surface area contributed by atoms with Crippen molar-refractivity contribution < 1.29 is 18.3 Å². The van der Waals surface area contributed by atoms with E-state index in [1.807, 2.05) is 0 Å². The summed E-state index contributed by atoms with van der Waals surface area (Å²) in [7, 11) is -3.33. The molecule has 82 valence electrons. The zero-order chi connectivity index (χ0) is 10.8. The smallest absolute Gasteiger partial charge is 0.321 e. The van der Waals surface area contributed by atoms with Crippen LogP contribution in [0.1, 0.15) is 26.2 Å². The van der Waals surface area contributed by atoms with E-state index in [1.54, 1.807) is 6.92 Å². The second-order valence-electron chi connectivity index (χ2n) is 3.40. The summed E-state index contributed by atoms with van der Waals surface area (Å²) in [6, 6.07) is -0.889. The van der Waals surface area contributed by atoms with Gasteiger partial charge < -0.3 is 5.11 Å². The topological polar surface area (TPSA) is 74.7 Å². The van der Waals surface area contributed by atoms with Crippen LogP contribution in [0.2, 0.25) is 0 Å². The molecule has 6 heteroatoms. The molecule has 0 bridgehead atoms. The van der Waals surface area contributed by atoms with Crippen LogP contribution >= 0.6 is 0 Å². The molecule has 1 fully saturated rings. The van der Waals surface area contributed by atoms with Crippen molar-refractivity contribution >= 4 is 16.0 Å². The first-order chi connectivity index (χ1) is 6.49. The Balaban J connectivity index is 2.88. The van der Waals surface area contributed by atoms with Crippen molar-refractivity contribution in [2.45, 2.75) is 32.2 Å². The second kappa shape index (κ2) is 4.27. The summed E-state index contributed by atoms with van der Waals surface area (Å²) in [4.78, 5) is 10.8. The SMILES string of the molecule is CCC(C(=O)O)N1CCCCS1(=O)=O. The first kappa shape index (κ1) is 11.5. The van der Waals surface area contributed by atoms with Gasteiger partial charge in [-0.3, -0.25) is 4.79 Å². The normalized spacial score (nSPS) is 24.4. The summed E-state index contributed by atoms with van der Waals surface area (Å²) in [6.45, 7) is 2.02. The molecule has 14 heavy (non-hydrogen) atoms. The van der Waals surface area contributed by atoms with Gasteiger partial charge >= 0.3 is 5.97 Å². The molecular formula is C8H15NO4S. The molecule has 5 nitrogen and oxygen atoms in total. The van der Waals surface area contributed by atoms with Crippen LogP contribution in [0.15, 0.2) is 0 Å². The number of aliphatic carboxylic acids is 1. The average Bonchev–Trinajstić information content (AvgIpc) is 2.08. The Labute approximate surface area is 83.8 Å². The molecule has 0 amide bonds. The van der Waals surface area contributed by atoms with E-state index in [1.165, 1.54) is 0 Å². The zero-order valence-corrected chi connectivity index (χ0v) is 8.96. The average molecular weight is 221 g/mol. The highest BCUT2D eigenvalue weighted by molar-refractivity contribution is 7.89. The number of sulfonamides is 1. The van der Waals surface area contributed by atoms with Crippen LogP contribution in [0.5, 0.6) is 0 Å². The van der Waals surface area contributed by atoms with E-state index in [2.05, 4.69) is 0 Å². The standard InChI is InChI=1S/C8H15NO4S/c1-2-7(8(10)11)9-5-3-4-6-14(9,12)13/h7H,2-6H2,1H3,(H,10,11). The molecule has 1 rings (SSSR count). The Morgan fingerprint density at radius 2 is 2.14 bits per heavy atom. The van der Waals surface area contributed by atoms with E-state index in [0.717, 1.165) is 10.7 Å². The molecule has 0 aromatic carbocycles. The second-order valence-corrected chi connectivity index (χ2v) is 5.44. The summed E-state index contributed by atoms with van der Waals surface area (Å²) in [6.07, 6.45) is 1.70. The molecule has 0 saturated carbocycles. The molecule has 0 spiro atoms. The number of carbonyl (C=O) groups is 1. The van der Waals surface area contributed by atoms with Crippen molar-refractivity contribution in [3.63, 3.8) is 0 Å². The first-order valence-electron chi connectivity index (χ1n) is 4.71. The molecule has 1 heterocycles. The van der Waals surface area contributed by atoms with Gasteiger partial charge in [-0.2, -0.15) is 4.31 Å². The van der Waals surface area contributed by atoms with E-state index in [4.69, 9.17) is 5.11 Å². The summed E-state index contributed by atoms with van der Waals surface area (Å²) >= 11 is 0. The lowest BCUT2D eigenvalue weighted by Gasteiger charge is -2.30. The van der Waals surface area contributed by atoms with E-state index in [-0.39, 0.29) is 5.75 Å². The molecule has 0 aliphatic carbocycles. The van der Waals surface area contributed by atoms with Crippen molar-refractivity contribution in [1.29, 1.82) is 0 Å². The molecule has 1 atom stereocenters. The van der Waals surface area contributed by atoms with Gasteiger partial charge in [0, 0.05) is 6.54 Å². The van der Waals surface area contributed by atoms with Gasteiger partial charge in [0.05, 0.1) is 5.75 Å². The quantitative estimate of drug-likeness (QED) is 0.742. The number of carboxylic acid groups (broad SMARTS) is 1. The van der Waals surface area contributed by atoms with Crippen molar-refractivity contribution in [2.75, 3.05) is 12.3 Å². The summed E-state index contributed by atoms with van der Waals surface area (Å²) in [5.74, 6) is -0.977. The van der Waals surface area contributed by atoms with E-state index >= 15 is 0 Å². The van der Waals surface area contributed by atoms with Gasteiger partial charge in [-0.1, -0.05) is 6.92 Å². The van der Waals surface area contributed by atoms with Gasteiger partial charge in [0.15, 0.2) is 0 Å². The lowest BCUT2D eigenvalue weighted by Crippen LogP contribution is -2.48. The molecule has 1 unspecified atom stereocenters. The largest absolute Gasteiger partial charge is 0.480 e. The van der Waals surface area contributed by atoms with Gasteiger partial charge in [-0.25, -0.2) is 8.42 Å². The molecule has 1 saturated heterocycles. The number of carboxylic acids is 1. The maximum absolute atomic E-state index is 11.5. The molecule has 0 aromatic rings. The predicted octanol–water partition coefficient (Wildman–Crippen LogP) is 0.275. The number of hydrogen-bond acceptors (Lipinski definition) is 3. The summed E-state index contributed by atoms with van der Waals surface area (Å²) < 4.78 is 24.2. The maximum atomic E-state index is 11.5. The Morgan fingerprint density at radius 3 is 2.57 bits per heavy atom. The predicted molar refractivity (Wildman–Crippen MR) is 51.4 cm³/mol. The van der Waals surface area contributed by atoms with Crippen LogP contribution in [0.25, 0.3) is 0 Å². The Morgan fingerprint density at radius 1 is 1.50 bits per heavy atom. The van der Waals surface area contributed by atoms with Crippen molar-refractivity contribution in [2.24, 2.45) is 0 Å². The third kappa shape index (κ3) is 2.24. The fraction of sp³-hybridized carbons (Fsp3) is 0.875. The highest BCUT2D eigenvalue weighted by atomic mass is 32.2. The fourth-order valence-corrected chi connectivity index (χ4v) is 3.50. The lowest BCUT2D eigenvalue weighted by molar-refractivity contribution is -0.141. The summed E-state index contributed by atoms with van der Waals surface area (Å²) in [5.41, 5.74) is 0. The first-order valence-corrected chi connectivity index (χ1v) is 6.32. The molecular weight excluding hydrogens is 206 g/mol. The minimum Gasteiger partial charge on any atom is -0.480 e. The third-order valence-electron chi connectivity index (χ3n) is 2.41. The van der Waals surface area contributed by atoms with Crippen LogP contribution in [-0.4, -0.2) is 42.1 Å². The lowest BCUT2D eigenvalue weighted by atomic mass is 10.2. The minimum atomic E-state index is -3.33. The highest BCUT2D eigenvalue weighted by Crippen LogP contribution is 2.18. The van der Waals surface area contributed by atoms with Gasteiger partial charge in [0.2, 0.25) is 10.0 Å². The van der Waals surface area contributed by atoms with Crippen molar-refractivity contribution in [3.05, 3.63) is 0 Å². The van der Waals surface area contributed by atoms with Crippen LogP contribution in [0.3, 0.4) is 0 Å². The summed E-state index contributed by atoms with van der Waals surface area (Å²) in [5, 5.41) is 8.85. The van der Waals surface area contributed by atoms with Gasteiger partial charge in [0.25, 0.3) is 0 Å². The zero-order valence-electron chi connectivity index (χ0n) is 8.14. The maximum Gasteiger partial charge on any atom is 0.321 e. The van der Waals surface area contributed by atoms with Gasteiger partial charge in [-0.05, 0) is 19.3 Å². The third-order valence-corrected chi connectivity index (χ3v) is 4.36.